The van der Waals surface area contributed by atoms with E-state index in [0.717, 1.165) is 6.42 Å². The molecular weight excluding hydrogens is 140 g/mol. The Kier molecular flexibility index (Phi) is 3.40. The quantitative estimate of drug-likeness (QED) is 0.502. The third kappa shape index (κ3) is 3.40. The van der Waals surface area contributed by atoms with Gasteiger partial charge in [-0.3, -0.25) is 4.79 Å². The first kappa shape index (κ1) is 8.57. The van der Waals surface area contributed by atoms with Crippen LogP contribution in [0, 0.1) is 5.92 Å². The average Bonchev–Trinajstić information content (AvgIpc) is 2.02. The average molecular weight is 156 g/mol. The van der Waals surface area contributed by atoms with Crippen LogP contribution in [0.2, 0.25) is 0 Å². The molecule has 1 aliphatic heterocycles. The van der Waals surface area contributed by atoms with Crippen molar-refractivity contribution in [2.24, 2.45) is 5.92 Å². The topological polar surface area (TPSA) is 26.3 Å². The lowest BCUT2D eigenvalue weighted by molar-refractivity contribution is -0.144. The summed E-state index contributed by atoms with van der Waals surface area (Å²) in [6.45, 7) is 2.75. The number of rotatable bonds is 0. The van der Waals surface area contributed by atoms with Crippen LogP contribution >= 0.6 is 0 Å². The highest BCUT2D eigenvalue weighted by atomic mass is 16.5. The number of carbonyl (C=O) groups is 1. The minimum Gasteiger partial charge on any atom is -0.466 e. The Bertz CT molecular complexity index is 132. The molecule has 0 aliphatic carbocycles. The number of hydrogen-bond acceptors (Lipinski definition) is 2. The number of hydrogen-bond donors (Lipinski definition) is 0. The third-order valence-electron chi connectivity index (χ3n) is 2.12. The molecule has 11 heavy (non-hydrogen) atoms. The van der Waals surface area contributed by atoms with E-state index in [1.165, 1.54) is 19.3 Å². The molecule has 64 valence electrons. The fraction of sp³-hybridized carbons (Fsp3) is 0.889. The van der Waals surface area contributed by atoms with Gasteiger partial charge in [0.05, 0.1) is 6.61 Å². The van der Waals surface area contributed by atoms with Crippen LogP contribution in [0.25, 0.3) is 0 Å². The van der Waals surface area contributed by atoms with Crippen molar-refractivity contribution in [2.45, 2.75) is 39.0 Å². The zero-order valence-electron chi connectivity index (χ0n) is 7.14. The SMILES string of the molecule is CC1CCCCCOC(=O)C1. The minimum absolute atomic E-state index is 0.0144. The van der Waals surface area contributed by atoms with E-state index in [0.29, 0.717) is 18.9 Å². The van der Waals surface area contributed by atoms with Crippen molar-refractivity contribution in [3.63, 3.8) is 0 Å². The number of ether oxygens (including phenoxy) is 1. The van der Waals surface area contributed by atoms with Gasteiger partial charge in [-0.15, -0.1) is 0 Å². The second-order valence-corrected chi connectivity index (χ2v) is 3.38. The largest absolute Gasteiger partial charge is 0.466 e. The Balaban J connectivity index is 2.33. The summed E-state index contributed by atoms with van der Waals surface area (Å²) in [4.78, 5) is 11.0. The molecule has 0 N–H and O–H groups in total. The molecule has 2 heteroatoms. The molecule has 2 nitrogen and oxygen atoms in total. The van der Waals surface area contributed by atoms with E-state index >= 15 is 0 Å². The lowest BCUT2D eigenvalue weighted by Gasteiger charge is -2.06. The summed E-state index contributed by atoms with van der Waals surface area (Å²) >= 11 is 0. The van der Waals surface area contributed by atoms with E-state index in [4.69, 9.17) is 4.74 Å². The van der Waals surface area contributed by atoms with Crippen molar-refractivity contribution in [3.8, 4) is 0 Å². The zero-order chi connectivity index (χ0) is 8.10. The summed E-state index contributed by atoms with van der Waals surface area (Å²) in [5, 5.41) is 0. The van der Waals surface area contributed by atoms with E-state index < -0.39 is 0 Å². The predicted octanol–water partition coefficient (Wildman–Crippen LogP) is 2.13. The van der Waals surface area contributed by atoms with E-state index in [1.54, 1.807) is 0 Å². The predicted molar refractivity (Wildman–Crippen MR) is 43.2 cm³/mol. The van der Waals surface area contributed by atoms with Gasteiger partial charge in [0.25, 0.3) is 0 Å². The summed E-state index contributed by atoms with van der Waals surface area (Å²) < 4.78 is 4.99. The van der Waals surface area contributed by atoms with Gasteiger partial charge in [-0.25, -0.2) is 0 Å². The summed E-state index contributed by atoms with van der Waals surface area (Å²) in [5.74, 6) is 0.500. The normalized spacial score (nSPS) is 28.1. The Morgan fingerprint density at radius 3 is 3.00 bits per heavy atom. The van der Waals surface area contributed by atoms with Gasteiger partial charge in [0.2, 0.25) is 0 Å². The molecule has 0 radical (unpaired) electrons. The molecule has 1 atom stereocenters. The van der Waals surface area contributed by atoms with Crippen molar-refractivity contribution in [1.82, 2.24) is 0 Å². The number of cyclic esters (lactones) is 1. The van der Waals surface area contributed by atoms with E-state index in [9.17, 15) is 4.79 Å². The molecule has 0 bridgehead atoms. The third-order valence-corrected chi connectivity index (χ3v) is 2.12. The molecule has 0 spiro atoms. The van der Waals surface area contributed by atoms with E-state index in [1.807, 2.05) is 0 Å². The van der Waals surface area contributed by atoms with Crippen molar-refractivity contribution in [2.75, 3.05) is 6.61 Å². The molecule has 1 aliphatic rings. The summed E-state index contributed by atoms with van der Waals surface area (Å²) in [7, 11) is 0. The standard InChI is InChI=1S/C9H16O2/c1-8-5-3-2-4-6-11-9(10)7-8/h8H,2-7H2,1H3. The van der Waals surface area contributed by atoms with Gasteiger partial charge >= 0.3 is 5.97 Å². The van der Waals surface area contributed by atoms with Gasteiger partial charge < -0.3 is 4.74 Å². The zero-order valence-corrected chi connectivity index (χ0v) is 7.14. The van der Waals surface area contributed by atoms with Gasteiger partial charge in [0, 0.05) is 6.42 Å². The Morgan fingerprint density at radius 1 is 1.36 bits per heavy atom. The lowest BCUT2D eigenvalue weighted by atomic mass is 10.0. The molecule has 0 aromatic heterocycles. The fourth-order valence-corrected chi connectivity index (χ4v) is 1.40. The highest BCUT2D eigenvalue weighted by molar-refractivity contribution is 5.69. The van der Waals surface area contributed by atoms with Crippen LogP contribution < -0.4 is 0 Å². The van der Waals surface area contributed by atoms with E-state index in [-0.39, 0.29) is 5.97 Å². The van der Waals surface area contributed by atoms with Gasteiger partial charge in [-0.05, 0) is 12.3 Å². The second kappa shape index (κ2) is 4.37. The Labute approximate surface area is 67.9 Å². The first-order valence-corrected chi connectivity index (χ1v) is 4.44. The Morgan fingerprint density at radius 2 is 2.18 bits per heavy atom. The van der Waals surface area contributed by atoms with Crippen LogP contribution in [0.15, 0.2) is 0 Å². The molecule has 1 fully saturated rings. The first-order chi connectivity index (χ1) is 5.29. The van der Waals surface area contributed by atoms with E-state index in [2.05, 4.69) is 6.92 Å². The van der Waals surface area contributed by atoms with Gasteiger partial charge in [0.15, 0.2) is 0 Å². The van der Waals surface area contributed by atoms with Gasteiger partial charge in [-0.2, -0.15) is 0 Å². The highest BCUT2D eigenvalue weighted by Crippen LogP contribution is 2.15. The maximum absolute atomic E-state index is 11.0. The van der Waals surface area contributed by atoms with Gasteiger partial charge in [-0.1, -0.05) is 26.2 Å². The second-order valence-electron chi connectivity index (χ2n) is 3.38. The van der Waals surface area contributed by atoms with Crippen LogP contribution in [0.3, 0.4) is 0 Å². The van der Waals surface area contributed by atoms with Gasteiger partial charge in [0.1, 0.15) is 0 Å². The lowest BCUT2D eigenvalue weighted by Crippen LogP contribution is -2.08. The van der Waals surface area contributed by atoms with Crippen LogP contribution in [-0.2, 0) is 9.53 Å². The molecular formula is C9H16O2. The summed E-state index contributed by atoms with van der Waals surface area (Å²) in [6.07, 6.45) is 5.28. The maximum atomic E-state index is 11.0. The molecule has 1 unspecified atom stereocenters. The van der Waals surface area contributed by atoms with Crippen LogP contribution in [0.4, 0.5) is 0 Å². The molecule has 1 rings (SSSR count). The maximum Gasteiger partial charge on any atom is 0.306 e. The summed E-state index contributed by atoms with van der Waals surface area (Å²) in [6, 6.07) is 0. The van der Waals surface area contributed by atoms with Crippen LogP contribution in [-0.4, -0.2) is 12.6 Å². The fourth-order valence-electron chi connectivity index (χ4n) is 1.40. The highest BCUT2D eigenvalue weighted by Gasteiger charge is 2.11. The first-order valence-electron chi connectivity index (χ1n) is 4.44. The smallest absolute Gasteiger partial charge is 0.306 e. The summed E-state index contributed by atoms with van der Waals surface area (Å²) in [5.41, 5.74) is 0. The van der Waals surface area contributed by atoms with Crippen molar-refractivity contribution >= 4 is 5.97 Å². The molecule has 0 amide bonds. The Hall–Kier alpha value is -0.530. The molecule has 0 aromatic rings. The molecule has 0 saturated carbocycles. The van der Waals surface area contributed by atoms with Crippen molar-refractivity contribution < 1.29 is 9.53 Å². The van der Waals surface area contributed by atoms with Crippen LogP contribution in [0.5, 0.6) is 0 Å². The molecule has 1 saturated heterocycles. The molecule has 0 aromatic carbocycles. The van der Waals surface area contributed by atoms with Crippen LogP contribution in [0.1, 0.15) is 39.0 Å². The number of esters is 1. The minimum atomic E-state index is -0.0144. The van der Waals surface area contributed by atoms with Crippen molar-refractivity contribution in [1.29, 1.82) is 0 Å². The molecule has 1 heterocycles. The number of carbonyl (C=O) groups excluding carboxylic acids is 1. The monoisotopic (exact) mass is 156 g/mol. The van der Waals surface area contributed by atoms with Crippen molar-refractivity contribution in [3.05, 3.63) is 0 Å².